The Bertz CT molecular complexity index is 813. The number of carbonyl (C=O) groups is 1. The van der Waals surface area contributed by atoms with Crippen molar-refractivity contribution in [3.8, 4) is 0 Å². The molecular formula is C21H31F3N6OS. The molecule has 1 saturated heterocycles. The average molecular weight is 473 g/mol. The summed E-state index contributed by atoms with van der Waals surface area (Å²) in [6.45, 7) is 5.54. The molecule has 2 rings (SSSR count). The number of aryl methyl sites for hydroxylation is 1. The summed E-state index contributed by atoms with van der Waals surface area (Å²) in [5, 5.41) is 14.7. The largest absolute Gasteiger partial charge is 0.389 e. The van der Waals surface area contributed by atoms with E-state index in [1.807, 2.05) is 6.92 Å². The Kier molecular flexibility index (Phi) is 10.8. The maximum Gasteiger partial charge on any atom is 0.389 e. The van der Waals surface area contributed by atoms with Gasteiger partial charge in [-0.15, -0.1) is 10.2 Å². The summed E-state index contributed by atoms with van der Waals surface area (Å²) in [6.07, 6.45) is 3.08. The average Bonchev–Trinajstić information content (AvgIpc) is 3.25. The van der Waals surface area contributed by atoms with Crippen molar-refractivity contribution in [3.05, 3.63) is 16.8 Å². The van der Waals surface area contributed by atoms with Gasteiger partial charge in [-0.05, 0) is 57.4 Å². The van der Waals surface area contributed by atoms with E-state index in [-0.39, 0.29) is 6.42 Å². The van der Waals surface area contributed by atoms with E-state index in [2.05, 4.69) is 30.6 Å². The minimum Gasteiger partial charge on any atom is -0.347 e. The van der Waals surface area contributed by atoms with Crippen LogP contribution in [0.15, 0.2) is 21.9 Å². The van der Waals surface area contributed by atoms with E-state index in [0.29, 0.717) is 30.7 Å². The lowest BCUT2D eigenvalue weighted by atomic mass is 10.0. The number of rotatable bonds is 12. The van der Waals surface area contributed by atoms with E-state index in [4.69, 9.17) is 0 Å². The molecule has 178 valence electrons. The molecule has 0 spiro atoms. The Morgan fingerprint density at radius 3 is 2.62 bits per heavy atom. The number of aliphatic imine (C=N–C) groups is 1. The Morgan fingerprint density at radius 2 is 1.97 bits per heavy atom. The molecule has 7 nitrogen and oxygen atoms in total. The fourth-order valence-corrected chi connectivity index (χ4v) is 4.24. The van der Waals surface area contributed by atoms with Crippen molar-refractivity contribution in [2.24, 2.45) is 10.1 Å². The van der Waals surface area contributed by atoms with Crippen LogP contribution in [0, 0.1) is 0 Å². The molecule has 2 heterocycles. The van der Waals surface area contributed by atoms with Crippen LogP contribution in [-0.4, -0.2) is 47.3 Å². The minimum atomic E-state index is -4.20. The zero-order valence-electron chi connectivity index (χ0n) is 18.6. The van der Waals surface area contributed by atoms with Crippen molar-refractivity contribution in [3.63, 3.8) is 0 Å². The predicted octanol–water partition coefficient (Wildman–Crippen LogP) is 5.05. The van der Waals surface area contributed by atoms with Crippen molar-refractivity contribution in [1.82, 2.24) is 15.6 Å². The van der Waals surface area contributed by atoms with Crippen LogP contribution in [0.2, 0.25) is 0 Å². The molecule has 1 N–H and O–H groups in total. The minimum absolute atomic E-state index is 0.146. The second-order valence-electron chi connectivity index (χ2n) is 7.67. The molecule has 0 bridgehead atoms. The molecule has 0 aromatic carbocycles. The third kappa shape index (κ3) is 9.46. The molecule has 32 heavy (non-hydrogen) atoms. The van der Waals surface area contributed by atoms with Crippen LogP contribution >= 0.6 is 11.3 Å². The van der Waals surface area contributed by atoms with Crippen LogP contribution in [-0.2, 0) is 11.2 Å². The quantitative estimate of drug-likeness (QED) is 0.262. The van der Waals surface area contributed by atoms with Gasteiger partial charge in [0.1, 0.15) is 5.01 Å². The summed E-state index contributed by atoms with van der Waals surface area (Å²) < 4.78 is 37.2. The fraction of sp³-hybridized carbons (Fsp3) is 0.667. The maximum atomic E-state index is 12.4. The van der Waals surface area contributed by atoms with Gasteiger partial charge in [-0.3, -0.25) is 9.79 Å². The molecule has 0 atom stereocenters. The molecule has 1 aromatic rings. The summed E-state index contributed by atoms with van der Waals surface area (Å²) in [7, 11) is 0. The number of nitrogens with one attached hydrogen (secondary N) is 1. The van der Waals surface area contributed by atoms with E-state index in [9.17, 15) is 18.0 Å². The van der Waals surface area contributed by atoms with Crippen LogP contribution in [0.4, 0.5) is 18.3 Å². The van der Waals surface area contributed by atoms with Crippen LogP contribution in [0.25, 0.3) is 0 Å². The summed E-state index contributed by atoms with van der Waals surface area (Å²) in [5.74, 6) is 0. The van der Waals surface area contributed by atoms with Gasteiger partial charge in [0, 0.05) is 37.8 Å². The third-order valence-corrected chi connectivity index (χ3v) is 6.15. The van der Waals surface area contributed by atoms with E-state index >= 15 is 0 Å². The molecule has 0 saturated carbocycles. The molecule has 1 aliphatic rings. The first kappa shape index (κ1) is 26.0. The summed E-state index contributed by atoms with van der Waals surface area (Å²) in [6, 6.07) is 0. The molecule has 11 heteroatoms. The highest BCUT2D eigenvalue weighted by Gasteiger charge is 2.26. The first-order valence-electron chi connectivity index (χ1n) is 10.9. The van der Waals surface area contributed by atoms with Crippen molar-refractivity contribution in [2.45, 2.75) is 77.8 Å². The number of aromatic nitrogens is 2. The number of carbonyl (C=O) groups excluding carboxylic acids is 1. The van der Waals surface area contributed by atoms with Gasteiger partial charge < -0.3 is 4.90 Å². The highest BCUT2D eigenvalue weighted by molar-refractivity contribution is 7.15. The Labute approximate surface area is 190 Å². The molecule has 1 amide bonds. The Hall–Kier alpha value is -2.30. The SMILES string of the molecule is CCC(=C\N=C(/C)CCC(F)(F)F)/C(CCCc1nnc(N2CCCCC2)s1)=N/NC=O. The second-order valence-corrected chi connectivity index (χ2v) is 8.71. The Morgan fingerprint density at radius 1 is 1.22 bits per heavy atom. The molecule has 1 aliphatic heterocycles. The first-order valence-corrected chi connectivity index (χ1v) is 11.8. The number of halogens is 3. The van der Waals surface area contributed by atoms with Gasteiger partial charge in [-0.2, -0.15) is 18.3 Å². The molecule has 0 radical (unpaired) electrons. The topological polar surface area (TPSA) is 82.8 Å². The zero-order chi connectivity index (χ0) is 23.4. The van der Waals surface area contributed by atoms with E-state index in [1.54, 1.807) is 24.5 Å². The van der Waals surface area contributed by atoms with E-state index in [0.717, 1.165) is 41.6 Å². The van der Waals surface area contributed by atoms with Crippen LogP contribution in [0.1, 0.15) is 70.2 Å². The second kappa shape index (κ2) is 13.3. The van der Waals surface area contributed by atoms with Gasteiger partial charge in [0.25, 0.3) is 0 Å². The molecule has 1 aromatic heterocycles. The van der Waals surface area contributed by atoms with Gasteiger partial charge in [-0.1, -0.05) is 18.3 Å². The van der Waals surface area contributed by atoms with Gasteiger partial charge >= 0.3 is 6.18 Å². The fourth-order valence-electron chi connectivity index (χ4n) is 3.30. The number of piperidine rings is 1. The van der Waals surface area contributed by atoms with E-state index < -0.39 is 12.6 Å². The maximum absolute atomic E-state index is 12.4. The zero-order valence-corrected chi connectivity index (χ0v) is 19.4. The van der Waals surface area contributed by atoms with E-state index in [1.165, 1.54) is 19.3 Å². The smallest absolute Gasteiger partial charge is 0.347 e. The highest BCUT2D eigenvalue weighted by Crippen LogP contribution is 2.25. The number of allylic oxidation sites excluding steroid dienone is 1. The normalized spacial score (nSPS) is 16.4. The van der Waals surface area contributed by atoms with Crippen molar-refractivity contribution >= 4 is 34.3 Å². The van der Waals surface area contributed by atoms with Crippen LogP contribution in [0.3, 0.4) is 0 Å². The third-order valence-electron chi connectivity index (χ3n) is 5.10. The molecule has 0 unspecified atom stereocenters. The highest BCUT2D eigenvalue weighted by atomic mass is 32.1. The van der Waals surface area contributed by atoms with Gasteiger partial charge in [-0.25, -0.2) is 5.43 Å². The summed E-state index contributed by atoms with van der Waals surface area (Å²) in [5.41, 5.74) is 4.16. The number of hydrogen-bond donors (Lipinski definition) is 1. The molecular weight excluding hydrogens is 441 g/mol. The van der Waals surface area contributed by atoms with Crippen molar-refractivity contribution in [1.29, 1.82) is 0 Å². The van der Waals surface area contributed by atoms with Crippen LogP contribution in [0.5, 0.6) is 0 Å². The number of amides is 1. The number of anilines is 1. The van der Waals surface area contributed by atoms with Gasteiger partial charge in [0.05, 0.1) is 5.71 Å². The van der Waals surface area contributed by atoms with Gasteiger partial charge in [0.15, 0.2) is 0 Å². The summed E-state index contributed by atoms with van der Waals surface area (Å²) >= 11 is 1.61. The number of alkyl halides is 3. The van der Waals surface area contributed by atoms with Crippen molar-refractivity contribution < 1.29 is 18.0 Å². The first-order chi connectivity index (χ1) is 15.3. The van der Waals surface area contributed by atoms with Crippen LogP contribution < -0.4 is 10.3 Å². The predicted molar refractivity (Wildman–Crippen MR) is 122 cm³/mol. The standard InChI is InChI=1S/C21H31F3N6OS/c1-3-17(14-25-16(2)10-11-21(22,23)24)18(27-26-15-31)8-7-9-19-28-29-20(32-19)30-12-5-4-6-13-30/h14-15H,3-13H2,1-2H3,(H,26,31)/b17-14+,25-16+,27-18+. The molecule has 0 aliphatic carbocycles. The Balaban J connectivity index is 1.96. The lowest BCUT2D eigenvalue weighted by molar-refractivity contribution is -0.132. The number of hydrogen-bond acceptors (Lipinski definition) is 7. The number of hydrazone groups is 1. The molecule has 1 fully saturated rings. The summed E-state index contributed by atoms with van der Waals surface area (Å²) in [4.78, 5) is 17.2. The van der Waals surface area contributed by atoms with Gasteiger partial charge in [0.2, 0.25) is 11.5 Å². The number of nitrogens with zero attached hydrogens (tertiary/aromatic N) is 5. The monoisotopic (exact) mass is 472 g/mol. The lowest BCUT2D eigenvalue weighted by Crippen LogP contribution is -2.29. The van der Waals surface area contributed by atoms with Crippen molar-refractivity contribution in [2.75, 3.05) is 18.0 Å². The lowest BCUT2D eigenvalue weighted by Gasteiger charge is -2.25.